The fraction of sp³-hybridized carbons (Fsp3) is 0.412. The molecular weight excluding hydrogens is 322 g/mol. The Hall–Kier alpha value is -3.08. The minimum absolute atomic E-state index is 0.224. The van der Waals surface area contributed by atoms with Gasteiger partial charge in [0.15, 0.2) is 0 Å². The first-order chi connectivity index (χ1) is 11.9. The van der Waals surface area contributed by atoms with Crippen molar-refractivity contribution in [2.45, 2.75) is 38.3 Å². The van der Waals surface area contributed by atoms with Gasteiger partial charge in [0.05, 0.1) is 22.7 Å². The molecule has 130 valence electrons. The van der Waals surface area contributed by atoms with Crippen molar-refractivity contribution in [3.8, 4) is 6.07 Å². The zero-order valence-corrected chi connectivity index (χ0v) is 14.1. The number of carbonyl (C=O) groups is 2. The lowest BCUT2D eigenvalue weighted by molar-refractivity contribution is -0.119. The van der Waals surface area contributed by atoms with E-state index in [0.717, 1.165) is 29.7 Å². The molecule has 1 atom stereocenters. The third kappa shape index (κ3) is 3.01. The maximum atomic E-state index is 12.4. The van der Waals surface area contributed by atoms with Gasteiger partial charge in [0.25, 0.3) is 0 Å². The SMILES string of the molecule is CC(C(=O)Nc1nc2ccc(C#N)cc2n1C1CCC1)N(C)C(=O)O. The van der Waals surface area contributed by atoms with Crippen LogP contribution in [0.5, 0.6) is 0 Å². The van der Waals surface area contributed by atoms with E-state index < -0.39 is 18.0 Å². The van der Waals surface area contributed by atoms with Crippen molar-refractivity contribution in [3.05, 3.63) is 23.8 Å². The molecule has 3 rings (SSSR count). The smallest absolute Gasteiger partial charge is 0.407 e. The van der Waals surface area contributed by atoms with Crippen LogP contribution in [0.2, 0.25) is 0 Å². The maximum absolute atomic E-state index is 12.4. The Bertz CT molecular complexity index is 878. The minimum atomic E-state index is -1.17. The number of rotatable bonds is 4. The van der Waals surface area contributed by atoms with Gasteiger partial charge in [0.2, 0.25) is 11.9 Å². The molecule has 2 aromatic rings. The number of imidazole rings is 1. The molecule has 1 saturated carbocycles. The highest BCUT2D eigenvalue weighted by Crippen LogP contribution is 2.37. The van der Waals surface area contributed by atoms with E-state index in [9.17, 15) is 9.59 Å². The van der Waals surface area contributed by atoms with Gasteiger partial charge in [0, 0.05) is 13.1 Å². The molecule has 25 heavy (non-hydrogen) atoms. The highest BCUT2D eigenvalue weighted by Gasteiger charge is 2.28. The van der Waals surface area contributed by atoms with E-state index in [4.69, 9.17) is 10.4 Å². The molecule has 0 aliphatic heterocycles. The quantitative estimate of drug-likeness (QED) is 0.888. The number of benzene rings is 1. The van der Waals surface area contributed by atoms with Gasteiger partial charge in [0.1, 0.15) is 6.04 Å². The molecule has 1 aromatic heterocycles. The lowest BCUT2D eigenvalue weighted by Gasteiger charge is -2.29. The van der Waals surface area contributed by atoms with Gasteiger partial charge in [-0.2, -0.15) is 5.26 Å². The molecule has 0 radical (unpaired) electrons. The molecular formula is C17H19N5O3. The molecule has 8 heteroatoms. The number of carbonyl (C=O) groups excluding carboxylic acids is 1. The number of nitrogens with one attached hydrogen (secondary N) is 1. The summed E-state index contributed by atoms with van der Waals surface area (Å²) in [7, 11) is 1.35. The second kappa shape index (κ2) is 6.43. The fourth-order valence-electron chi connectivity index (χ4n) is 2.82. The summed E-state index contributed by atoms with van der Waals surface area (Å²) < 4.78 is 1.95. The van der Waals surface area contributed by atoms with E-state index in [2.05, 4.69) is 16.4 Å². The van der Waals surface area contributed by atoms with Gasteiger partial charge in [-0.3, -0.25) is 15.0 Å². The Labute approximate surface area is 144 Å². The first kappa shape index (κ1) is 16.8. The zero-order chi connectivity index (χ0) is 18.1. The summed E-state index contributed by atoms with van der Waals surface area (Å²) in [6, 6.07) is 6.70. The Balaban J connectivity index is 1.97. The van der Waals surface area contributed by atoms with Gasteiger partial charge < -0.3 is 9.67 Å². The van der Waals surface area contributed by atoms with E-state index in [1.165, 1.54) is 14.0 Å². The van der Waals surface area contributed by atoms with Crippen molar-refractivity contribution in [3.63, 3.8) is 0 Å². The average molecular weight is 341 g/mol. The van der Waals surface area contributed by atoms with E-state index in [0.29, 0.717) is 17.0 Å². The van der Waals surface area contributed by atoms with E-state index in [-0.39, 0.29) is 6.04 Å². The Morgan fingerprint density at radius 2 is 2.20 bits per heavy atom. The summed E-state index contributed by atoms with van der Waals surface area (Å²) >= 11 is 0. The number of carboxylic acid groups (broad SMARTS) is 1. The van der Waals surface area contributed by atoms with Crippen LogP contribution >= 0.6 is 0 Å². The van der Waals surface area contributed by atoms with Gasteiger partial charge in [-0.25, -0.2) is 9.78 Å². The monoisotopic (exact) mass is 341 g/mol. The van der Waals surface area contributed by atoms with E-state index >= 15 is 0 Å². The number of aromatic nitrogens is 2. The molecule has 1 fully saturated rings. The first-order valence-electron chi connectivity index (χ1n) is 8.11. The number of likely N-dealkylation sites (N-methyl/N-ethyl adjacent to an activating group) is 1. The molecule has 1 aliphatic rings. The highest BCUT2D eigenvalue weighted by molar-refractivity contribution is 5.96. The molecule has 1 aliphatic carbocycles. The summed E-state index contributed by atoms with van der Waals surface area (Å²) in [5.74, 6) is -0.0493. The summed E-state index contributed by atoms with van der Waals surface area (Å²) in [4.78, 5) is 28.9. The number of nitriles is 1. The molecule has 2 N–H and O–H groups in total. The lowest BCUT2D eigenvalue weighted by atomic mass is 9.92. The van der Waals surface area contributed by atoms with Crippen LogP contribution in [0.15, 0.2) is 18.2 Å². The van der Waals surface area contributed by atoms with Crippen LogP contribution in [-0.4, -0.2) is 44.6 Å². The van der Waals surface area contributed by atoms with Crippen molar-refractivity contribution in [1.82, 2.24) is 14.5 Å². The maximum Gasteiger partial charge on any atom is 0.407 e. The molecule has 0 spiro atoms. The third-order valence-corrected chi connectivity index (χ3v) is 4.76. The van der Waals surface area contributed by atoms with Crippen LogP contribution in [-0.2, 0) is 4.79 Å². The number of hydrogen-bond donors (Lipinski definition) is 2. The standard InChI is InChI=1S/C17H19N5O3/c1-10(21(2)17(24)25)15(23)20-16-19-13-7-6-11(9-18)8-14(13)22(16)12-4-3-5-12/h6-8,10,12H,3-5H2,1-2H3,(H,24,25)(H,19,20,23). The van der Waals surface area contributed by atoms with E-state index in [1.807, 2.05) is 4.57 Å². The number of fused-ring (bicyclic) bond motifs is 1. The van der Waals surface area contributed by atoms with Gasteiger partial charge in [-0.15, -0.1) is 0 Å². The van der Waals surface area contributed by atoms with Crippen molar-refractivity contribution < 1.29 is 14.7 Å². The predicted molar refractivity (Wildman–Crippen MR) is 91.2 cm³/mol. The molecule has 0 bridgehead atoms. The number of nitrogens with zero attached hydrogens (tertiary/aromatic N) is 4. The van der Waals surface area contributed by atoms with Crippen molar-refractivity contribution >= 4 is 29.0 Å². The van der Waals surface area contributed by atoms with Gasteiger partial charge >= 0.3 is 6.09 Å². The average Bonchev–Trinajstić information content (AvgIpc) is 2.89. The third-order valence-electron chi connectivity index (χ3n) is 4.76. The Kier molecular flexibility index (Phi) is 4.31. The first-order valence-corrected chi connectivity index (χ1v) is 8.11. The molecule has 2 amide bonds. The van der Waals surface area contributed by atoms with Crippen LogP contribution in [0.25, 0.3) is 11.0 Å². The van der Waals surface area contributed by atoms with Crippen LogP contribution < -0.4 is 5.32 Å². The molecule has 8 nitrogen and oxygen atoms in total. The Morgan fingerprint density at radius 3 is 2.76 bits per heavy atom. The second-order valence-electron chi connectivity index (χ2n) is 6.26. The topological polar surface area (TPSA) is 111 Å². The van der Waals surface area contributed by atoms with E-state index in [1.54, 1.807) is 18.2 Å². The highest BCUT2D eigenvalue weighted by atomic mass is 16.4. The van der Waals surface area contributed by atoms with Crippen LogP contribution in [0.1, 0.15) is 37.8 Å². The summed E-state index contributed by atoms with van der Waals surface area (Å²) in [6.07, 6.45) is 1.90. The fourth-order valence-corrected chi connectivity index (χ4v) is 2.82. The Morgan fingerprint density at radius 1 is 1.48 bits per heavy atom. The molecule has 1 unspecified atom stereocenters. The number of amides is 2. The number of hydrogen-bond acceptors (Lipinski definition) is 4. The molecule has 1 aromatic carbocycles. The molecule has 0 saturated heterocycles. The van der Waals surface area contributed by atoms with Crippen molar-refractivity contribution in [2.24, 2.45) is 0 Å². The normalized spacial score (nSPS) is 15.2. The zero-order valence-electron chi connectivity index (χ0n) is 14.1. The number of anilines is 1. The van der Waals surface area contributed by atoms with Crippen molar-refractivity contribution in [1.29, 1.82) is 5.26 Å². The largest absolute Gasteiger partial charge is 0.465 e. The van der Waals surface area contributed by atoms with Gasteiger partial charge in [-0.05, 0) is 44.4 Å². The van der Waals surface area contributed by atoms with Crippen LogP contribution in [0, 0.1) is 11.3 Å². The predicted octanol–water partition coefficient (Wildman–Crippen LogP) is 2.57. The summed E-state index contributed by atoms with van der Waals surface area (Å²) in [5.41, 5.74) is 2.03. The van der Waals surface area contributed by atoms with Crippen LogP contribution in [0.4, 0.5) is 10.7 Å². The van der Waals surface area contributed by atoms with Crippen molar-refractivity contribution in [2.75, 3.05) is 12.4 Å². The molecule has 1 heterocycles. The summed E-state index contributed by atoms with van der Waals surface area (Å²) in [6.45, 7) is 1.52. The van der Waals surface area contributed by atoms with Gasteiger partial charge in [-0.1, -0.05) is 0 Å². The lowest BCUT2D eigenvalue weighted by Crippen LogP contribution is -2.42. The minimum Gasteiger partial charge on any atom is -0.465 e. The second-order valence-corrected chi connectivity index (χ2v) is 6.26. The van der Waals surface area contributed by atoms with Crippen LogP contribution in [0.3, 0.4) is 0 Å². The summed E-state index contributed by atoms with van der Waals surface area (Å²) in [5, 5.41) is 20.9.